The first-order valence-electron chi connectivity index (χ1n) is 10.8. The summed E-state index contributed by atoms with van der Waals surface area (Å²) < 4.78 is 5.85. The molecule has 1 amide bonds. The molecule has 0 radical (unpaired) electrons. The van der Waals surface area contributed by atoms with Gasteiger partial charge in [-0.15, -0.1) is 0 Å². The molecule has 0 aromatic heterocycles. The summed E-state index contributed by atoms with van der Waals surface area (Å²) in [6.07, 6.45) is 6.10. The molecule has 6 heteroatoms. The van der Waals surface area contributed by atoms with E-state index in [2.05, 4.69) is 18.8 Å². The van der Waals surface area contributed by atoms with Crippen molar-refractivity contribution in [2.24, 2.45) is 4.99 Å². The van der Waals surface area contributed by atoms with Crippen LogP contribution in [0.3, 0.4) is 0 Å². The largest absolute Gasteiger partial charge is 0.489 e. The minimum atomic E-state index is 0.0526. The number of rotatable bonds is 10. The molecule has 1 fully saturated rings. The van der Waals surface area contributed by atoms with Gasteiger partial charge in [0.25, 0.3) is 5.91 Å². The highest BCUT2D eigenvalue weighted by Crippen LogP contribution is 2.33. The maximum atomic E-state index is 12.9. The molecular weight excluding hydrogens is 428 g/mol. The molecule has 0 aliphatic carbocycles. The van der Waals surface area contributed by atoms with Gasteiger partial charge in [0.2, 0.25) is 0 Å². The van der Waals surface area contributed by atoms with E-state index in [4.69, 9.17) is 16.3 Å². The highest BCUT2D eigenvalue weighted by molar-refractivity contribution is 8.18. The van der Waals surface area contributed by atoms with Gasteiger partial charge in [-0.25, -0.2) is 0 Å². The fourth-order valence-corrected chi connectivity index (χ4v) is 4.19. The molecule has 0 spiro atoms. The van der Waals surface area contributed by atoms with Gasteiger partial charge < -0.3 is 4.74 Å². The number of carbonyl (C=O) groups is 1. The fraction of sp³-hybridized carbons (Fsp3) is 0.360. The Morgan fingerprint density at radius 1 is 1.03 bits per heavy atom. The van der Waals surface area contributed by atoms with Crippen molar-refractivity contribution in [1.29, 1.82) is 0 Å². The first-order valence-corrected chi connectivity index (χ1v) is 12.0. The number of thioether (sulfide) groups is 1. The lowest BCUT2D eigenvalue weighted by molar-refractivity contribution is -0.122. The quantitative estimate of drug-likeness (QED) is 0.292. The Labute approximate surface area is 194 Å². The maximum absolute atomic E-state index is 12.9. The molecule has 0 atom stereocenters. The average Bonchev–Trinajstić information content (AvgIpc) is 3.07. The van der Waals surface area contributed by atoms with Crippen molar-refractivity contribution >= 4 is 40.5 Å². The Bertz CT molecular complexity index is 924. The number of hydrogen-bond donors (Lipinski definition) is 0. The van der Waals surface area contributed by atoms with Crippen LogP contribution in [0.25, 0.3) is 6.08 Å². The first-order chi connectivity index (χ1) is 15.1. The van der Waals surface area contributed by atoms with E-state index in [1.165, 1.54) is 11.8 Å². The molecular formula is C25H29ClN2O2S. The Morgan fingerprint density at radius 2 is 1.74 bits per heavy atom. The van der Waals surface area contributed by atoms with Crippen LogP contribution in [0.2, 0.25) is 5.02 Å². The van der Waals surface area contributed by atoms with Gasteiger partial charge in [0.1, 0.15) is 12.4 Å². The molecule has 4 nitrogen and oxygen atoms in total. The number of nitrogens with zero attached hydrogens (tertiary/aromatic N) is 2. The number of amidine groups is 1. The molecule has 0 bridgehead atoms. The zero-order chi connectivity index (χ0) is 22.1. The summed E-state index contributed by atoms with van der Waals surface area (Å²) in [7, 11) is 0. The zero-order valence-corrected chi connectivity index (χ0v) is 19.7. The second-order valence-electron chi connectivity index (χ2n) is 7.42. The SMILES string of the molecule is CCCCN=C1SC(=Cc2ccc(OCc3ccc(Cl)cc3)cc2)C(=O)N1CCCC. The van der Waals surface area contributed by atoms with Gasteiger partial charge >= 0.3 is 0 Å². The van der Waals surface area contributed by atoms with Gasteiger partial charge in [0, 0.05) is 18.1 Å². The molecule has 1 saturated heterocycles. The number of unbranched alkanes of at least 4 members (excludes halogenated alkanes) is 2. The molecule has 2 aromatic carbocycles. The number of ether oxygens (including phenoxy) is 1. The van der Waals surface area contributed by atoms with Crippen molar-refractivity contribution in [3.05, 3.63) is 69.6 Å². The third-order valence-corrected chi connectivity index (χ3v) is 6.18. The van der Waals surface area contributed by atoms with Crippen molar-refractivity contribution in [3.8, 4) is 5.75 Å². The Balaban J connectivity index is 1.66. The third kappa shape index (κ3) is 6.88. The summed E-state index contributed by atoms with van der Waals surface area (Å²) in [4.78, 5) is 20.2. The maximum Gasteiger partial charge on any atom is 0.266 e. The molecule has 0 saturated carbocycles. The van der Waals surface area contributed by atoms with Crippen LogP contribution >= 0.6 is 23.4 Å². The number of carbonyl (C=O) groups excluding carboxylic acids is 1. The standard InChI is InChI=1S/C25H29ClN2O2S/c1-3-5-15-27-25-28(16-6-4-2)24(29)23(31-25)17-19-9-13-22(14-10-19)30-18-20-7-11-21(26)12-8-20/h7-14,17H,3-6,15-16,18H2,1-2H3. The number of halogens is 1. The van der Waals surface area contributed by atoms with Crippen LogP contribution in [-0.4, -0.2) is 29.1 Å². The van der Waals surface area contributed by atoms with E-state index in [0.29, 0.717) is 11.6 Å². The molecule has 0 unspecified atom stereocenters. The van der Waals surface area contributed by atoms with Crippen molar-refractivity contribution in [2.45, 2.75) is 46.1 Å². The van der Waals surface area contributed by atoms with E-state index < -0.39 is 0 Å². The van der Waals surface area contributed by atoms with Gasteiger partial charge in [0.05, 0.1) is 4.91 Å². The Morgan fingerprint density at radius 3 is 2.42 bits per heavy atom. The third-order valence-electron chi connectivity index (χ3n) is 4.88. The number of hydrogen-bond acceptors (Lipinski definition) is 4. The zero-order valence-electron chi connectivity index (χ0n) is 18.1. The van der Waals surface area contributed by atoms with Gasteiger partial charge in [-0.2, -0.15) is 0 Å². The minimum Gasteiger partial charge on any atom is -0.489 e. The summed E-state index contributed by atoms with van der Waals surface area (Å²) >= 11 is 7.40. The fourth-order valence-electron chi connectivity index (χ4n) is 3.03. The monoisotopic (exact) mass is 456 g/mol. The molecule has 3 rings (SSSR count). The van der Waals surface area contributed by atoms with E-state index in [0.717, 1.165) is 65.7 Å². The van der Waals surface area contributed by atoms with Crippen LogP contribution in [0.15, 0.2) is 58.4 Å². The highest BCUT2D eigenvalue weighted by atomic mass is 35.5. The lowest BCUT2D eigenvalue weighted by atomic mass is 10.2. The molecule has 31 heavy (non-hydrogen) atoms. The molecule has 2 aromatic rings. The summed E-state index contributed by atoms with van der Waals surface area (Å²) in [6, 6.07) is 15.4. The van der Waals surface area contributed by atoms with E-state index in [-0.39, 0.29) is 5.91 Å². The molecule has 1 aliphatic rings. The normalized spacial score (nSPS) is 16.5. The topological polar surface area (TPSA) is 41.9 Å². The number of aliphatic imine (C=N–C) groups is 1. The molecule has 1 aliphatic heterocycles. The Hall–Kier alpha value is -2.24. The van der Waals surface area contributed by atoms with Crippen LogP contribution < -0.4 is 4.74 Å². The predicted molar refractivity (Wildman–Crippen MR) is 132 cm³/mol. The van der Waals surface area contributed by atoms with Crippen LogP contribution in [0.4, 0.5) is 0 Å². The van der Waals surface area contributed by atoms with Gasteiger partial charge in [-0.3, -0.25) is 14.7 Å². The van der Waals surface area contributed by atoms with Crippen LogP contribution in [0.5, 0.6) is 5.75 Å². The Kier molecular flexibility index (Phi) is 9.04. The summed E-state index contributed by atoms with van der Waals surface area (Å²) in [5.41, 5.74) is 2.03. The number of amides is 1. The van der Waals surface area contributed by atoms with E-state index in [1.807, 2.05) is 59.5 Å². The van der Waals surface area contributed by atoms with Gasteiger partial charge in [-0.1, -0.05) is 62.6 Å². The highest BCUT2D eigenvalue weighted by Gasteiger charge is 2.32. The molecule has 164 valence electrons. The van der Waals surface area contributed by atoms with E-state index >= 15 is 0 Å². The van der Waals surface area contributed by atoms with Crippen LogP contribution in [0.1, 0.15) is 50.7 Å². The summed E-state index contributed by atoms with van der Waals surface area (Å²) in [5.74, 6) is 0.839. The summed E-state index contributed by atoms with van der Waals surface area (Å²) in [6.45, 7) is 6.25. The van der Waals surface area contributed by atoms with Gasteiger partial charge in [-0.05, 0) is 66.1 Å². The van der Waals surface area contributed by atoms with Crippen LogP contribution in [-0.2, 0) is 11.4 Å². The minimum absolute atomic E-state index is 0.0526. The second kappa shape index (κ2) is 12.0. The van der Waals surface area contributed by atoms with E-state index in [1.54, 1.807) is 0 Å². The molecule has 0 N–H and O–H groups in total. The lowest BCUT2D eigenvalue weighted by Crippen LogP contribution is -2.30. The van der Waals surface area contributed by atoms with Crippen molar-refractivity contribution < 1.29 is 9.53 Å². The van der Waals surface area contributed by atoms with Gasteiger partial charge in [0.15, 0.2) is 5.17 Å². The lowest BCUT2D eigenvalue weighted by Gasteiger charge is -2.14. The predicted octanol–water partition coefficient (Wildman–Crippen LogP) is 6.79. The van der Waals surface area contributed by atoms with Crippen molar-refractivity contribution in [1.82, 2.24) is 4.90 Å². The van der Waals surface area contributed by atoms with Crippen molar-refractivity contribution in [2.75, 3.05) is 13.1 Å². The van der Waals surface area contributed by atoms with E-state index in [9.17, 15) is 4.79 Å². The smallest absolute Gasteiger partial charge is 0.266 e. The average molecular weight is 457 g/mol. The summed E-state index contributed by atoms with van der Waals surface area (Å²) in [5, 5.41) is 1.55. The number of benzene rings is 2. The van der Waals surface area contributed by atoms with Crippen molar-refractivity contribution in [3.63, 3.8) is 0 Å². The first kappa shape index (κ1) is 23.4. The molecule has 1 heterocycles. The van der Waals surface area contributed by atoms with Crippen LogP contribution in [0, 0.1) is 0 Å². The second-order valence-corrected chi connectivity index (χ2v) is 8.87.